The van der Waals surface area contributed by atoms with Crippen molar-refractivity contribution in [2.45, 2.75) is 6.61 Å². The van der Waals surface area contributed by atoms with Crippen LogP contribution in [-0.2, 0) is 6.61 Å². The second-order valence-electron chi connectivity index (χ2n) is 6.25. The van der Waals surface area contributed by atoms with E-state index in [0.29, 0.717) is 37.8 Å². The molecule has 0 saturated heterocycles. The Morgan fingerprint density at radius 2 is 1.77 bits per heavy atom. The molecule has 0 unspecified atom stereocenters. The van der Waals surface area contributed by atoms with Crippen LogP contribution in [0.3, 0.4) is 0 Å². The fourth-order valence-electron chi connectivity index (χ4n) is 2.58. The summed E-state index contributed by atoms with van der Waals surface area (Å²) in [7, 11) is 1.51. The van der Waals surface area contributed by atoms with Crippen LogP contribution in [0.5, 0.6) is 11.5 Å². The number of nitro groups is 1. The molecule has 0 aliphatic rings. The van der Waals surface area contributed by atoms with Crippen LogP contribution in [0.2, 0.25) is 15.1 Å². The molecular weight excluding hydrogens is 465 g/mol. The summed E-state index contributed by atoms with van der Waals surface area (Å²) in [5.74, 6) is 0.820. The summed E-state index contributed by atoms with van der Waals surface area (Å²) < 4.78 is 11.2. The van der Waals surface area contributed by atoms with Crippen molar-refractivity contribution in [3.8, 4) is 11.5 Å². The van der Waals surface area contributed by atoms with Crippen molar-refractivity contribution >= 4 is 52.4 Å². The highest BCUT2D eigenvalue weighted by Gasteiger charge is 2.12. The van der Waals surface area contributed by atoms with Gasteiger partial charge in [-0.15, -0.1) is 0 Å². The number of anilines is 1. The second-order valence-corrected chi connectivity index (χ2v) is 7.47. The lowest BCUT2D eigenvalue weighted by Crippen LogP contribution is -2.00. The van der Waals surface area contributed by atoms with Crippen LogP contribution in [0.15, 0.2) is 59.7 Å². The first-order valence-corrected chi connectivity index (χ1v) is 9.98. The molecule has 160 valence electrons. The monoisotopic (exact) mass is 479 g/mol. The molecule has 0 aliphatic heterocycles. The number of non-ortho nitro benzene ring substituents is 1. The van der Waals surface area contributed by atoms with Crippen LogP contribution in [0.1, 0.15) is 11.1 Å². The molecule has 0 amide bonds. The number of hydrazone groups is 1. The highest BCUT2D eigenvalue weighted by Crippen LogP contribution is 2.37. The van der Waals surface area contributed by atoms with Crippen LogP contribution in [0.4, 0.5) is 11.4 Å². The molecule has 0 bridgehead atoms. The maximum atomic E-state index is 10.7. The third kappa shape index (κ3) is 6.01. The topological polar surface area (TPSA) is 86.0 Å². The first-order chi connectivity index (χ1) is 14.9. The predicted octanol–water partition coefficient (Wildman–Crippen LogP) is 6.59. The number of benzene rings is 3. The normalized spacial score (nSPS) is 10.8. The Balaban J connectivity index is 1.69. The van der Waals surface area contributed by atoms with Gasteiger partial charge in [0.05, 0.1) is 39.0 Å². The molecule has 0 heterocycles. The number of nitrogens with zero attached hydrogens (tertiary/aromatic N) is 2. The summed E-state index contributed by atoms with van der Waals surface area (Å²) in [5, 5.41) is 16.1. The SMILES string of the molecule is COc1cc(/C=N/Nc2ccc([N+](=O)[O-])cc2)cc(Cl)c1OCc1ccc(Cl)c(Cl)c1. The summed E-state index contributed by atoms with van der Waals surface area (Å²) in [4.78, 5) is 10.2. The van der Waals surface area contributed by atoms with Gasteiger partial charge in [-0.3, -0.25) is 15.5 Å². The molecule has 7 nitrogen and oxygen atoms in total. The number of nitrogens with one attached hydrogen (secondary N) is 1. The molecule has 31 heavy (non-hydrogen) atoms. The van der Waals surface area contributed by atoms with Gasteiger partial charge in [-0.2, -0.15) is 5.10 Å². The number of halogens is 3. The van der Waals surface area contributed by atoms with Crippen molar-refractivity contribution in [1.29, 1.82) is 0 Å². The lowest BCUT2D eigenvalue weighted by Gasteiger charge is -2.13. The minimum atomic E-state index is -0.466. The number of nitro benzene ring substituents is 1. The lowest BCUT2D eigenvalue weighted by atomic mass is 10.2. The van der Waals surface area contributed by atoms with Crippen LogP contribution < -0.4 is 14.9 Å². The van der Waals surface area contributed by atoms with Crippen molar-refractivity contribution in [2.24, 2.45) is 5.10 Å². The molecule has 0 spiro atoms. The number of methoxy groups -OCH3 is 1. The van der Waals surface area contributed by atoms with Gasteiger partial charge in [0.1, 0.15) is 6.61 Å². The van der Waals surface area contributed by atoms with Crippen molar-refractivity contribution in [3.63, 3.8) is 0 Å². The number of rotatable bonds is 8. The molecule has 1 N–H and O–H groups in total. The van der Waals surface area contributed by atoms with E-state index in [4.69, 9.17) is 44.3 Å². The summed E-state index contributed by atoms with van der Waals surface area (Å²) in [6.07, 6.45) is 1.54. The zero-order chi connectivity index (χ0) is 22.4. The van der Waals surface area contributed by atoms with E-state index >= 15 is 0 Å². The Morgan fingerprint density at radius 1 is 1.03 bits per heavy atom. The van der Waals surface area contributed by atoms with Gasteiger partial charge >= 0.3 is 0 Å². The third-order valence-corrected chi connectivity index (χ3v) is 5.12. The second kappa shape index (κ2) is 10.3. The molecule has 3 aromatic carbocycles. The van der Waals surface area contributed by atoms with Gasteiger partial charge in [0.25, 0.3) is 5.69 Å². The first-order valence-electron chi connectivity index (χ1n) is 8.85. The Bertz CT molecular complexity index is 1120. The Labute approximate surface area is 193 Å². The maximum Gasteiger partial charge on any atom is 0.269 e. The summed E-state index contributed by atoms with van der Waals surface area (Å²) in [6.45, 7) is 0.224. The van der Waals surface area contributed by atoms with E-state index in [1.165, 1.54) is 19.2 Å². The van der Waals surface area contributed by atoms with E-state index in [-0.39, 0.29) is 12.3 Å². The van der Waals surface area contributed by atoms with Crippen LogP contribution in [-0.4, -0.2) is 18.2 Å². The molecule has 0 atom stereocenters. The largest absolute Gasteiger partial charge is 0.493 e. The molecule has 0 saturated carbocycles. The van der Waals surface area contributed by atoms with Crippen LogP contribution in [0, 0.1) is 10.1 Å². The third-order valence-electron chi connectivity index (χ3n) is 4.10. The lowest BCUT2D eigenvalue weighted by molar-refractivity contribution is -0.384. The van der Waals surface area contributed by atoms with E-state index in [1.54, 1.807) is 48.7 Å². The van der Waals surface area contributed by atoms with Gasteiger partial charge in [-0.25, -0.2) is 0 Å². The number of hydrogen-bond donors (Lipinski definition) is 1. The fourth-order valence-corrected chi connectivity index (χ4v) is 3.17. The van der Waals surface area contributed by atoms with E-state index in [9.17, 15) is 10.1 Å². The van der Waals surface area contributed by atoms with Gasteiger partial charge in [0.15, 0.2) is 11.5 Å². The number of ether oxygens (including phenoxy) is 2. The first kappa shape index (κ1) is 22.7. The molecule has 0 radical (unpaired) electrons. The summed E-state index contributed by atoms with van der Waals surface area (Å²) >= 11 is 18.3. The number of hydrogen-bond acceptors (Lipinski definition) is 6. The van der Waals surface area contributed by atoms with Crippen molar-refractivity contribution < 1.29 is 14.4 Å². The van der Waals surface area contributed by atoms with E-state index in [1.807, 2.05) is 0 Å². The Hall–Kier alpha value is -3.00. The Kier molecular flexibility index (Phi) is 7.57. The van der Waals surface area contributed by atoms with E-state index in [0.717, 1.165) is 5.56 Å². The fraction of sp³-hybridized carbons (Fsp3) is 0.0952. The zero-order valence-electron chi connectivity index (χ0n) is 16.1. The molecule has 3 rings (SSSR count). The average molecular weight is 481 g/mol. The zero-order valence-corrected chi connectivity index (χ0v) is 18.4. The molecule has 0 aliphatic carbocycles. The van der Waals surface area contributed by atoms with Crippen molar-refractivity contribution in [3.05, 3.63) is 90.9 Å². The maximum absolute atomic E-state index is 10.7. The molecule has 3 aromatic rings. The molecule has 10 heteroatoms. The summed E-state index contributed by atoms with van der Waals surface area (Å²) in [5.41, 5.74) is 4.89. The quantitative estimate of drug-likeness (QED) is 0.223. The summed E-state index contributed by atoms with van der Waals surface area (Å²) in [6, 6.07) is 14.5. The van der Waals surface area contributed by atoms with Crippen LogP contribution in [0.25, 0.3) is 0 Å². The highest BCUT2D eigenvalue weighted by atomic mass is 35.5. The van der Waals surface area contributed by atoms with Gasteiger partial charge < -0.3 is 9.47 Å². The standard InChI is InChI=1S/C21H16Cl3N3O4/c1-30-20-10-14(11-25-26-15-3-5-16(6-4-15)27(28)29)9-19(24)21(20)31-12-13-2-7-17(22)18(23)8-13/h2-11,26H,12H2,1H3/b25-11+. The van der Waals surface area contributed by atoms with Crippen molar-refractivity contribution in [2.75, 3.05) is 12.5 Å². The van der Waals surface area contributed by atoms with Gasteiger partial charge in [0, 0.05) is 12.1 Å². The van der Waals surface area contributed by atoms with Crippen LogP contribution >= 0.6 is 34.8 Å². The van der Waals surface area contributed by atoms with Crippen molar-refractivity contribution in [1.82, 2.24) is 0 Å². The average Bonchev–Trinajstić information content (AvgIpc) is 2.75. The van der Waals surface area contributed by atoms with Gasteiger partial charge in [-0.05, 0) is 47.5 Å². The molecular formula is C21H16Cl3N3O4. The van der Waals surface area contributed by atoms with E-state index < -0.39 is 4.92 Å². The smallest absolute Gasteiger partial charge is 0.269 e. The Morgan fingerprint density at radius 3 is 2.42 bits per heavy atom. The molecule has 0 aromatic heterocycles. The van der Waals surface area contributed by atoms with E-state index in [2.05, 4.69) is 10.5 Å². The predicted molar refractivity (Wildman–Crippen MR) is 123 cm³/mol. The minimum absolute atomic E-state index is 0.00232. The highest BCUT2D eigenvalue weighted by molar-refractivity contribution is 6.42. The molecule has 0 fully saturated rings. The van der Waals surface area contributed by atoms with Gasteiger partial charge in [0.2, 0.25) is 0 Å². The minimum Gasteiger partial charge on any atom is -0.493 e. The van der Waals surface area contributed by atoms with Gasteiger partial charge in [-0.1, -0.05) is 40.9 Å².